The van der Waals surface area contributed by atoms with Gasteiger partial charge in [0.1, 0.15) is 24.7 Å². The van der Waals surface area contributed by atoms with E-state index >= 15 is 0 Å². The van der Waals surface area contributed by atoms with Crippen LogP contribution in [0.15, 0.2) is 60.8 Å². The fraction of sp³-hybridized carbons (Fsp3) is 0.211. The molecule has 0 aliphatic rings. The van der Waals surface area contributed by atoms with Crippen molar-refractivity contribution in [2.75, 3.05) is 20.3 Å². The standard InChI is InChI=1S/C19H19NO3/c1-21-10-11-22-17-6-2-4-15(12-17)14-23-18-7-8-19-16(13-18)5-3-9-20-19/h2-9,12-13H,10-11,14H2,1H3. The lowest BCUT2D eigenvalue weighted by Crippen LogP contribution is -2.04. The zero-order chi connectivity index (χ0) is 15.9. The Bertz CT molecular complexity index is 773. The van der Waals surface area contributed by atoms with Crippen LogP contribution in [0.5, 0.6) is 11.5 Å². The molecule has 0 spiro atoms. The first-order valence-corrected chi connectivity index (χ1v) is 7.53. The molecule has 3 rings (SSSR count). The van der Waals surface area contributed by atoms with Crippen molar-refractivity contribution in [3.05, 3.63) is 66.4 Å². The fourth-order valence-electron chi connectivity index (χ4n) is 2.28. The summed E-state index contributed by atoms with van der Waals surface area (Å²) >= 11 is 0. The van der Waals surface area contributed by atoms with Gasteiger partial charge in [-0.1, -0.05) is 18.2 Å². The van der Waals surface area contributed by atoms with Crippen LogP contribution in [0.25, 0.3) is 10.9 Å². The van der Waals surface area contributed by atoms with E-state index < -0.39 is 0 Å². The Morgan fingerprint density at radius 2 is 1.78 bits per heavy atom. The predicted octanol–water partition coefficient (Wildman–Crippen LogP) is 3.84. The van der Waals surface area contributed by atoms with Gasteiger partial charge in [-0.2, -0.15) is 0 Å². The third kappa shape index (κ3) is 4.20. The topological polar surface area (TPSA) is 40.6 Å². The van der Waals surface area contributed by atoms with Gasteiger partial charge in [0.25, 0.3) is 0 Å². The molecule has 4 nitrogen and oxygen atoms in total. The van der Waals surface area contributed by atoms with Crippen molar-refractivity contribution in [3.63, 3.8) is 0 Å². The molecule has 0 amide bonds. The number of fused-ring (bicyclic) bond motifs is 1. The van der Waals surface area contributed by atoms with Gasteiger partial charge in [-0.25, -0.2) is 0 Å². The number of benzene rings is 2. The zero-order valence-electron chi connectivity index (χ0n) is 13.1. The Hall–Kier alpha value is -2.59. The molecular formula is C19H19NO3. The molecule has 1 heterocycles. The van der Waals surface area contributed by atoms with Crippen LogP contribution in [-0.2, 0) is 11.3 Å². The Kier molecular flexibility index (Phi) is 5.06. The number of aromatic nitrogens is 1. The Balaban J connectivity index is 1.63. The van der Waals surface area contributed by atoms with Gasteiger partial charge >= 0.3 is 0 Å². The van der Waals surface area contributed by atoms with Crippen LogP contribution >= 0.6 is 0 Å². The van der Waals surface area contributed by atoms with Crippen molar-refractivity contribution in [1.29, 1.82) is 0 Å². The molecule has 0 saturated carbocycles. The molecular weight excluding hydrogens is 290 g/mol. The van der Waals surface area contributed by atoms with E-state index in [1.165, 1.54) is 0 Å². The van der Waals surface area contributed by atoms with Gasteiger partial charge in [-0.15, -0.1) is 0 Å². The average molecular weight is 309 g/mol. The molecule has 4 heteroatoms. The lowest BCUT2D eigenvalue weighted by molar-refractivity contribution is 0.146. The SMILES string of the molecule is COCCOc1cccc(COc2ccc3ncccc3c2)c1. The van der Waals surface area contributed by atoms with E-state index in [2.05, 4.69) is 4.98 Å². The minimum absolute atomic E-state index is 0.493. The van der Waals surface area contributed by atoms with Crippen LogP contribution in [0.3, 0.4) is 0 Å². The summed E-state index contributed by atoms with van der Waals surface area (Å²) in [5, 5.41) is 1.07. The van der Waals surface area contributed by atoms with Gasteiger partial charge in [-0.3, -0.25) is 4.98 Å². The number of hydrogen-bond acceptors (Lipinski definition) is 4. The van der Waals surface area contributed by atoms with Crippen molar-refractivity contribution in [1.82, 2.24) is 4.98 Å². The minimum atomic E-state index is 0.493. The molecule has 0 aliphatic heterocycles. The smallest absolute Gasteiger partial charge is 0.120 e. The second-order valence-corrected chi connectivity index (χ2v) is 5.14. The Morgan fingerprint density at radius 3 is 2.70 bits per heavy atom. The van der Waals surface area contributed by atoms with Crippen LogP contribution in [0.4, 0.5) is 0 Å². The van der Waals surface area contributed by atoms with Crippen LogP contribution < -0.4 is 9.47 Å². The molecule has 0 radical (unpaired) electrons. The zero-order valence-corrected chi connectivity index (χ0v) is 13.1. The maximum Gasteiger partial charge on any atom is 0.120 e. The van der Waals surface area contributed by atoms with Crippen LogP contribution in [0.2, 0.25) is 0 Å². The van der Waals surface area contributed by atoms with Gasteiger partial charge in [0.2, 0.25) is 0 Å². The second-order valence-electron chi connectivity index (χ2n) is 5.14. The number of methoxy groups -OCH3 is 1. The largest absolute Gasteiger partial charge is 0.491 e. The maximum absolute atomic E-state index is 5.87. The lowest BCUT2D eigenvalue weighted by atomic mass is 10.2. The second kappa shape index (κ2) is 7.61. The minimum Gasteiger partial charge on any atom is -0.491 e. The van der Waals surface area contributed by atoms with Crippen LogP contribution in [0, 0.1) is 0 Å². The average Bonchev–Trinajstić information content (AvgIpc) is 2.60. The molecule has 0 N–H and O–H groups in total. The summed E-state index contributed by atoms with van der Waals surface area (Å²) in [6, 6.07) is 17.8. The quantitative estimate of drug-likeness (QED) is 0.622. The predicted molar refractivity (Wildman–Crippen MR) is 89.9 cm³/mol. The number of hydrogen-bond donors (Lipinski definition) is 0. The molecule has 23 heavy (non-hydrogen) atoms. The van der Waals surface area contributed by atoms with Gasteiger partial charge in [0.15, 0.2) is 0 Å². The van der Waals surface area contributed by atoms with Crippen molar-refractivity contribution < 1.29 is 14.2 Å². The van der Waals surface area contributed by atoms with Crippen LogP contribution in [-0.4, -0.2) is 25.3 Å². The number of rotatable bonds is 7. The molecule has 3 aromatic rings. The highest BCUT2D eigenvalue weighted by Crippen LogP contribution is 2.21. The molecule has 0 aliphatic carbocycles. The first kappa shape index (κ1) is 15.3. The molecule has 1 aromatic heterocycles. The van der Waals surface area contributed by atoms with Gasteiger partial charge in [0, 0.05) is 18.7 Å². The van der Waals surface area contributed by atoms with E-state index in [9.17, 15) is 0 Å². The van der Waals surface area contributed by atoms with Crippen molar-refractivity contribution in [3.8, 4) is 11.5 Å². The summed E-state index contributed by atoms with van der Waals surface area (Å²) in [5.74, 6) is 1.65. The Labute approximate surface area is 135 Å². The van der Waals surface area contributed by atoms with Gasteiger partial charge in [0.05, 0.1) is 12.1 Å². The van der Waals surface area contributed by atoms with Crippen molar-refractivity contribution in [2.45, 2.75) is 6.61 Å². The van der Waals surface area contributed by atoms with E-state index in [1.54, 1.807) is 13.3 Å². The van der Waals surface area contributed by atoms with Gasteiger partial charge < -0.3 is 14.2 Å². The first-order valence-electron chi connectivity index (χ1n) is 7.53. The normalized spacial score (nSPS) is 10.7. The Morgan fingerprint density at radius 1 is 0.870 bits per heavy atom. The van der Waals surface area contributed by atoms with E-state index in [-0.39, 0.29) is 0 Å². The number of pyridine rings is 1. The first-order chi connectivity index (χ1) is 11.3. The monoisotopic (exact) mass is 309 g/mol. The summed E-state index contributed by atoms with van der Waals surface area (Å²) in [6.07, 6.45) is 1.79. The summed E-state index contributed by atoms with van der Waals surface area (Å²) < 4.78 is 16.5. The highest BCUT2D eigenvalue weighted by atomic mass is 16.5. The third-order valence-corrected chi connectivity index (χ3v) is 3.43. The third-order valence-electron chi connectivity index (χ3n) is 3.43. The summed E-state index contributed by atoms with van der Waals surface area (Å²) in [5.41, 5.74) is 2.03. The van der Waals surface area contributed by atoms with Crippen molar-refractivity contribution in [2.24, 2.45) is 0 Å². The molecule has 0 unspecified atom stereocenters. The molecule has 118 valence electrons. The van der Waals surface area contributed by atoms with E-state index in [4.69, 9.17) is 14.2 Å². The molecule has 0 bridgehead atoms. The van der Waals surface area contributed by atoms with Gasteiger partial charge in [-0.05, 0) is 42.0 Å². The molecule has 2 aromatic carbocycles. The van der Waals surface area contributed by atoms with Crippen LogP contribution in [0.1, 0.15) is 5.56 Å². The number of nitrogens with zero attached hydrogens (tertiary/aromatic N) is 1. The van der Waals surface area contributed by atoms with Crippen molar-refractivity contribution >= 4 is 10.9 Å². The highest BCUT2D eigenvalue weighted by molar-refractivity contribution is 5.79. The highest BCUT2D eigenvalue weighted by Gasteiger charge is 2.01. The summed E-state index contributed by atoms with van der Waals surface area (Å²) in [6.45, 7) is 1.61. The van der Waals surface area contributed by atoms with E-state index in [1.807, 2.05) is 54.6 Å². The molecule has 0 atom stereocenters. The summed E-state index contributed by atoms with van der Waals surface area (Å²) in [4.78, 5) is 4.31. The molecule has 0 fully saturated rings. The van der Waals surface area contributed by atoms with E-state index in [0.717, 1.165) is 28.0 Å². The van der Waals surface area contributed by atoms with E-state index in [0.29, 0.717) is 19.8 Å². The summed E-state index contributed by atoms with van der Waals surface area (Å²) in [7, 11) is 1.66. The lowest BCUT2D eigenvalue weighted by Gasteiger charge is -2.09. The fourth-order valence-corrected chi connectivity index (χ4v) is 2.28. The molecule has 0 saturated heterocycles. The maximum atomic E-state index is 5.87. The number of ether oxygens (including phenoxy) is 3.